The Morgan fingerprint density at radius 2 is 2.11 bits per heavy atom. The minimum Gasteiger partial charge on any atom is -0.368 e. The molecule has 0 radical (unpaired) electrons. The molecule has 0 aliphatic heterocycles. The van der Waals surface area contributed by atoms with Crippen molar-refractivity contribution in [3.05, 3.63) is 29.3 Å². The summed E-state index contributed by atoms with van der Waals surface area (Å²) >= 11 is 5.83. The number of alkyl halides is 1. The van der Waals surface area contributed by atoms with E-state index in [2.05, 4.69) is 24.0 Å². The van der Waals surface area contributed by atoms with Crippen LogP contribution in [0, 0.1) is 11.3 Å². The Labute approximate surface area is 114 Å². The van der Waals surface area contributed by atoms with Crippen molar-refractivity contribution in [2.75, 3.05) is 11.4 Å². The number of hydrogen-bond donors (Lipinski definition) is 0. The lowest BCUT2D eigenvalue weighted by molar-refractivity contribution is 0.619. The molecule has 0 amide bonds. The van der Waals surface area contributed by atoms with Crippen molar-refractivity contribution < 1.29 is 0 Å². The highest BCUT2D eigenvalue weighted by molar-refractivity contribution is 6.17. The summed E-state index contributed by atoms with van der Waals surface area (Å²) in [7, 11) is 0. The Hall–Kier alpha value is -1.20. The summed E-state index contributed by atoms with van der Waals surface area (Å²) in [5.41, 5.74) is 2.84. The molecule has 0 N–H and O–H groups in total. The average molecular weight is 263 g/mol. The molecule has 0 aromatic heterocycles. The summed E-state index contributed by atoms with van der Waals surface area (Å²) in [5.74, 6) is 0.463. The molecular weight excluding hydrogens is 244 g/mol. The number of nitriles is 1. The van der Waals surface area contributed by atoms with Gasteiger partial charge in [-0.1, -0.05) is 18.9 Å². The highest BCUT2D eigenvalue weighted by Gasteiger charge is 2.23. The third kappa shape index (κ3) is 2.62. The first-order chi connectivity index (χ1) is 8.80. The lowest BCUT2D eigenvalue weighted by atomic mass is 10.1. The lowest BCUT2D eigenvalue weighted by Crippen LogP contribution is -2.33. The second kappa shape index (κ2) is 6.11. The summed E-state index contributed by atoms with van der Waals surface area (Å²) < 4.78 is 0. The first-order valence-corrected chi connectivity index (χ1v) is 7.19. The van der Waals surface area contributed by atoms with Crippen LogP contribution in [0.1, 0.15) is 43.7 Å². The molecule has 1 aromatic carbocycles. The molecule has 18 heavy (non-hydrogen) atoms. The third-order valence-corrected chi connectivity index (χ3v) is 4.06. The van der Waals surface area contributed by atoms with Crippen LogP contribution in [-0.2, 0) is 5.88 Å². The van der Waals surface area contributed by atoms with E-state index in [9.17, 15) is 5.26 Å². The smallest absolute Gasteiger partial charge is 0.101 e. The van der Waals surface area contributed by atoms with Crippen molar-refractivity contribution in [2.45, 2.75) is 44.5 Å². The summed E-state index contributed by atoms with van der Waals surface area (Å²) in [4.78, 5) is 2.38. The molecule has 96 valence electrons. The fraction of sp³-hybridized carbons (Fsp3) is 0.533. The van der Waals surface area contributed by atoms with Crippen molar-refractivity contribution in [3.8, 4) is 6.07 Å². The van der Waals surface area contributed by atoms with Crippen molar-refractivity contribution in [3.63, 3.8) is 0 Å². The Morgan fingerprint density at radius 3 is 2.67 bits per heavy atom. The van der Waals surface area contributed by atoms with Gasteiger partial charge in [-0.2, -0.15) is 5.26 Å². The third-order valence-electron chi connectivity index (χ3n) is 3.75. The van der Waals surface area contributed by atoms with E-state index in [1.807, 2.05) is 12.1 Å². The van der Waals surface area contributed by atoms with Gasteiger partial charge in [0, 0.05) is 18.5 Å². The minimum absolute atomic E-state index is 0.463. The Balaban J connectivity index is 2.32. The molecule has 0 spiro atoms. The van der Waals surface area contributed by atoms with Crippen LogP contribution in [0.3, 0.4) is 0 Å². The zero-order chi connectivity index (χ0) is 13.0. The van der Waals surface area contributed by atoms with E-state index < -0.39 is 0 Å². The highest BCUT2D eigenvalue weighted by Crippen LogP contribution is 2.30. The summed E-state index contributed by atoms with van der Waals surface area (Å²) in [6, 6.07) is 8.91. The molecule has 2 nitrogen and oxygen atoms in total. The number of anilines is 1. The fourth-order valence-corrected chi connectivity index (χ4v) is 3.01. The summed E-state index contributed by atoms with van der Waals surface area (Å²) in [5, 5.41) is 9.31. The van der Waals surface area contributed by atoms with E-state index in [1.54, 1.807) is 0 Å². The van der Waals surface area contributed by atoms with Crippen molar-refractivity contribution in [2.24, 2.45) is 0 Å². The van der Waals surface area contributed by atoms with Crippen LogP contribution in [0.5, 0.6) is 0 Å². The molecule has 3 heteroatoms. The molecule has 1 fully saturated rings. The molecule has 2 rings (SSSR count). The molecule has 1 saturated carbocycles. The van der Waals surface area contributed by atoms with Gasteiger partial charge in [-0.25, -0.2) is 0 Å². The van der Waals surface area contributed by atoms with Gasteiger partial charge in [0.25, 0.3) is 0 Å². The maximum Gasteiger partial charge on any atom is 0.101 e. The summed E-state index contributed by atoms with van der Waals surface area (Å²) in [6.45, 7) is 3.12. The maximum atomic E-state index is 9.31. The first-order valence-electron chi connectivity index (χ1n) is 6.65. The zero-order valence-electron chi connectivity index (χ0n) is 10.8. The lowest BCUT2D eigenvalue weighted by Gasteiger charge is -2.30. The highest BCUT2D eigenvalue weighted by atomic mass is 35.5. The van der Waals surface area contributed by atoms with E-state index in [4.69, 9.17) is 11.6 Å². The monoisotopic (exact) mass is 262 g/mol. The predicted molar refractivity (Wildman–Crippen MR) is 76.0 cm³/mol. The quantitative estimate of drug-likeness (QED) is 0.765. The van der Waals surface area contributed by atoms with Gasteiger partial charge in [0.1, 0.15) is 6.07 Å². The molecule has 1 aliphatic carbocycles. The predicted octanol–water partition coefficient (Wildman–Crippen LogP) is 4.07. The van der Waals surface area contributed by atoms with Crippen LogP contribution in [0.4, 0.5) is 5.69 Å². The molecule has 1 aromatic rings. The van der Waals surface area contributed by atoms with Crippen LogP contribution in [-0.4, -0.2) is 12.6 Å². The number of halogens is 1. The molecule has 0 atom stereocenters. The van der Waals surface area contributed by atoms with Gasteiger partial charge >= 0.3 is 0 Å². The van der Waals surface area contributed by atoms with Gasteiger partial charge in [-0.05, 0) is 37.5 Å². The molecular formula is C15H19ClN2. The van der Waals surface area contributed by atoms with E-state index in [1.165, 1.54) is 25.7 Å². The Kier molecular flexibility index (Phi) is 4.49. The Bertz CT molecular complexity index is 444. The van der Waals surface area contributed by atoms with Crippen molar-refractivity contribution in [1.82, 2.24) is 0 Å². The van der Waals surface area contributed by atoms with Gasteiger partial charge in [0.15, 0.2) is 0 Å². The van der Waals surface area contributed by atoms with Crippen molar-refractivity contribution >= 4 is 17.3 Å². The van der Waals surface area contributed by atoms with Crippen molar-refractivity contribution in [1.29, 1.82) is 5.26 Å². The fourth-order valence-electron chi connectivity index (χ4n) is 2.85. The van der Waals surface area contributed by atoms with E-state index in [0.717, 1.165) is 23.4 Å². The SMILES string of the molecule is CCN(c1ccc(CCl)cc1C#N)C1CCCC1. The largest absolute Gasteiger partial charge is 0.368 e. The van der Waals surface area contributed by atoms with Gasteiger partial charge in [0.2, 0.25) is 0 Å². The van der Waals surface area contributed by atoms with Gasteiger partial charge in [-0.3, -0.25) is 0 Å². The maximum absolute atomic E-state index is 9.31. The molecule has 1 aliphatic rings. The number of benzene rings is 1. The van der Waals surface area contributed by atoms with Crippen LogP contribution in [0.15, 0.2) is 18.2 Å². The molecule has 0 unspecified atom stereocenters. The van der Waals surface area contributed by atoms with E-state index >= 15 is 0 Å². The van der Waals surface area contributed by atoms with Gasteiger partial charge in [-0.15, -0.1) is 11.6 Å². The average Bonchev–Trinajstić information content (AvgIpc) is 2.94. The molecule has 0 bridgehead atoms. The van der Waals surface area contributed by atoms with Crippen LogP contribution in [0.2, 0.25) is 0 Å². The number of nitrogens with zero attached hydrogens (tertiary/aromatic N) is 2. The molecule has 0 saturated heterocycles. The molecule has 0 heterocycles. The van der Waals surface area contributed by atoms with Crippen LogP contribution >= 0.6 is 11.6 Å². The minimum atomic E-state index is 0.463. The second-order valence-electron chi connectivity index (χ2n) is 4.82. The van der Waals surface area contributed by atoms with Crippen LogP contribution in [0.25, 0.3) is 0 Å². The standard InChI is InChI=1S/C15H19ClN2/c1-2-18(14-5-3-4-6-14)15-8-7-12(10-16)9-13(15)11-17/h7-9,14H,2-6,10H2,1H3. The van der Waals surface area contributed by atoms with Crippen LogP contribution < -0.4 is 4.90 Å². The van der Waals surface area contributed by atoms with Gasteiger partial charge in [0.05, 0.1) is 11.3 Å². The summed E-state index contributed by atoms with van der Waals surface area (Å²) in [6.07, 6.45) is 5.11. The first kappa shape index (κ1) is 13.2. The topological polar surface area (TPSA) is 27.0 Å². The Morgan fingerprint density at radius 1 is 1.39 bits per heavy atom. The van der Waals surface area contributed by atoms with E-state index in [0.29, 0.717) is 11.9 Å². The number of hydrogen-bond acceptors (Lipinski definition) is 2. The van der Waals surface area contributed by atoms with E-state index in [-0.39, 0.29) is 0 Å². The normalized spacial score (nSPS) is 15.6. The van der Waals surface area contributed by atoms with Gasteiger partial charge < -0.3 is 4.90 Å². The second-order valence-corrected chi connectivity index (χ2v) is 5.09. The number of rotatable bonds is 4. The zero-order valence-corrected chi connectivity index (χ0v) is 11.6.